The predicted octanol–water partition coefficient (Wildman–Crippen LogP) is 0.803. The number of carbonyl (C=O) groups is 1. The van der Waals surface area contributed by atoms with Crippen LogP contribution in [0.5, 0.6) is 0 Å². The maximum Gasteiger partial charge on any atom is 0.252 e. The molecular formula is C12H15ClN2O3. The number of ether oxygens (including phenoxy) is 1. The van der Waals surface area contributed by atoms with E-state index in [0.717, 1.165) is 0 Å². The van der Waals surface area contributed by atoms with E-state index in [1.165, 1.54) is 0 Å². The first kappa shape index (κ1) is 13.1. The van der Waals surface area contributed by atoms with Crippen molar-refractivity contribution >= 4 is 23.2 Å². The van der Waals surface area contributed by atoms with Crippen molar-refractivity contribution in [3.8, 4) is 0 Å². The van der Waals surface area contributed by atoms with E-state index in [2.05, 4.69) is 5.32 Å². The van der Waals surface area contributed by atoms with Crippen LogP contribution < -0.4 is 11.1 Å². The number of aliphatic hydroxyl groups is 1. The molecule has 1 aromatic carbocycles. The van der Waals surface area contributed by atoms with Crippen molar-refractivity contribution in [2.45, 2.75) is 12.0 Å². The molecule has 0 aromatic heterocycles. The van der Waals surface area contributed by atoms with Crippen LogP contribution in [0.25, 0.3) is 0 Å². The fraction of sp³-hybridized carbons (Fsp3) is 0.417. The Hall–Kier alpha value is -1.30. The molecule has 98 valence electrons. The van der Waals surface area contributed by atoms with Crippen LogP contribution in [0.2, 0.25) is 5.02 Å². The van der Waals surface area contributed by atoms with Gasteiger partial charge in [0.1, 0.15) is 5.60 Å². The van der Waals surface area contributed by atoms with E-state index in [4.69, 9.17) is 22.1 Å². The monoisotopic (exact) mass is 270 g/mol. The van der Waals surface area contributed by atoms with Crippen molar-refractivity contribution in [2.75, 3.05) is 25.5 Å². The van der Waals surface area contributed by atoms with Gasteiger partial charge in [-0.15, -0.1) is 0 Å². The minimum absolute atomic E-state index is 0.136. The number of benzene rings is 1. The number of hydrogen-bond donors (Lipinski definition) is 3. The summed E-state index contributed by atoms with van der Waals surface area (Å²) in [6.45, 7) is 0.875. The van der Waals surface area contributed by atoms with Gasteiger partial charge in [0.15, 0.2) is 0 Å². The van der Waals surface area contributed by atoms with E-state index in [9.17, 15) is 9.90 Å². The SMILES string of the molecule is Nc1cccc(C(=O)NCC2(O)CCOC2)c1Cl. The van der Waals surface area contributed by atoms with Crippen molar-refractivity contribution in [3.05, 3.63) is 28.8 Å². The molecule has 1 saturated heterocycles. The van der Waals surface area contributed by atoms with Gasteiger partial charge in [0.25, 0.3) is 5.91 Å². The highest BCUT2D eigenvalue weighted by Gasteiger charge is 2.32. The third-order valence-electron chi connectivity index (χ3n) is 2.93. The Morgan fingerprint density at radius 1 is 1.61 bits per heavy atom. The molecule has 5 nitrogen and oxygen atoms in total. The maximum absolute atomic E-state index is 11.9. The molecule has 6 heteroatoms. The molecule has 1 heterocycles. The van der Waals surface area contributed by atoms with Gasteiger partial charge < -0.3 is 20.9 Å². The zero-order chi connectivity index (χ0) is 13.2. The molecule has 1 fully saturated rings. The first-order valence-electron chi connectivity index (χ1n) is 5.64. The lowest BCUT2D eigenvalue weighted by molar-refractivity contribution is 0.0264. The Balaban J connectivity index is 2.01. The third kappa shape index (κ3) is 2.75. The molecule has 2 rings (SSSR count). The number of nitrogens with one attached hydrogen (secondary N) is 1. The first-order valence-corrected chi connectivity index (χ1v) is 6.02. The predicted molar refractivity (Wildman–Crippen MR) is 68.6 cm³/mol. The van der Waals surface area contributed by atoms with Gasteiger partial charge in [-0.2, -0.15) is 0 Å². The van der Waals surface area contributed by atoms with Gasteiger partial charge >= 0.3 is 0 Å². The van der Waals surface area contributed by atoms with Gasteiger partial charge in [0.05, 0.1) is 22.9 Å². The summed E-state index contributed by atoms with van der Waals surface area (Å²) in [6, 6.07) is 4.87. The highest BCUT2D eigenvalue weighted by atomic mass is 35.5. The highest BCUT2D eigenvalue weighted by Crippen LogP contribution is 2.23. The maximum atomic E-state index is 11.9. The van der Waals surface area contributed by atoms with Gasteiger partial charge in [0.2, 0.25) is 0 Å². The Morgan fingerprint density at radius 2 is 2.39 bits per heavy atom. The lowest BCUT2D eigenvalue weighted by Gasteiger charge is -2.20. The number of amides is 1. The van der Waals surface area contributed by atoms with Crippen LogP contribution in [0.15, 0.2) is 18.2 Å². The minimum atomic E-state index is -0.984. The lowest BCUT2D eigenvalue weighted by atomic mass is 10.0. The molecule has 1 amide bonds. The van der Waals surface area contributed by atoms with E-state index in [1.54, 1.807) is 18.2 Å². The fourth-order valence-electron chi connectivity index (χ4n) is 1.80. The summed E-state index contributed by atoms with van der Waals surface area (Å²) in [5.41, 5.74) is 5.30. The van der Waals surface area contributed by atoms with Crippen LogP contribution in [0, 0.1) is 0 Å². The molecule has 0 spiro atoms. The molecular weight excluding hydrogens is 256 g/mol. The molecule has 0 radical (unpaired) electrons. The number of rotatable bonds is 3. The van der Waals surface area contributed by atoms with Gasteiger partial charge in [0, 0.05) is 19.6 Å². The number of nitrogen functional groups attached to an aromatic ring is 1. The normalized spacial score (nSPS) is 23.0. The van der Waals surface area contributed by atoms with E-state index in [0.29, 0.717) is 24.3 Å². The lowest BCUT2D eigenvalue weighted by Crippen LogP contribution is -2.43. The Labute approximate surface area is 110 Å². The topological polar surface area (TPSA) is 84.6 Å². The van der Waals surface area contributed by atoms with E-state index >= 15 is 0 Å². The quantitative estimate of drug-likeness (QED) is 0.710. The van der Waals surface area contributed by atoms with Crippen LogP contribution in [0.3, 0.4) is 0 Å². The van der Waals surface area contributed by atoms with Crippen molar-refractivity contribution in [2.24, 2.45) is 0 Å². The summed E-state index contributed by atoms with van der Waals surface area (Å²) < 4.78 is 5.09. The second-order valence-electron chi connectivity index (χ2n) is 4.42. The van der Waals surface area contributed by atoms with Gasteiger partial charge in [-0.25, -0.2) is 0 Å². The van der Waals surface area contributed by atoms with E-state index in [-0.39, 0.29) is 24.1 Å². The second kappa shape index (κ2) is 5.14. The molecule has 0 saturated carbocycles. The summed E-state index contributed by atoms with van der Waals surface area (Å²) in [5.74, 6) is -0.354. The summed E-state index contributed by atoms with van der Waals surface area (Å²) >= 11 is 5.95. The van der Waals surface area contributed by atoms with Gasteiger partial charge in [-0.05, 0) is 12.1 Å². The average Bonchev–Trinajstić information content (AvgIpc) is 2.77. The smallest absolute Gasteiger partial charge is 0.252 e. The number of nitrogens with two attached hydrogens (primary N) is 1. The average molecular weight is 271 g/mol. The molecule has 18 heavy (non-hydrogen) atoms. The Bertz CT molecular complexity index is 459. The zero-order valence-corrected chi connectivity index (χ0v) is 10.5. The molecule has 0 aliphatic carbocycles. The molecule has 1 atom stereocenters. The Morgan fingerprint density at radius 3 is 3.06 bits per heavy atom. The van der Waals surface area contributed by atoms with Crippen molar-refractivity contribution in [3.63, 3.8) is 0 Å². The molecule has 1 aliphatic heterocycles. The van der Waals surface area contributed by atoms with Crippen molar-refractivity contribution < 1.29 is 14.6 Å². The van der Waals surface area contributed by atoms with Crippen LogP contribution in [0.4, 0.5) is 5.69 Å². The number of anilines is 1. The van der Waals surface area contributed by atoms with Crippen LogP contribution in [0.1, 0.15) is 16.8 Å². The highest BCUT2D eigenvalue weighted by molar-refractivity contribution is 6.36. The summed E-state index contributed by atoms with van der Waals surface area (Å²) in [4.78, 5) is 11.9. The number of halogens is 1. The number of hydrogen-bond acceptors (Lipinski definition) is 4. The molecule has 4 N–H and O–H groups in total. The summed E-state index contributed by atoms with van der Waals surface area (Å²) in [6.07, 6.45) is 0.512. The number of carbonyl (C=O) groups excluding carboxylic acids is 1. The summed E-state index contributed by atoms with van der Waals surface area (Å²) in [7, 11) is 0. The largest absolute Gasteiger partial charge is 0.398 e. The van der Waals surface area contributed by atoms with Gasteiger partial charge in [-0.1, -0.05) is 17.7 Å². The second-order valence-corrected chi connectivity index (χ2v) is 4.80. The van der Waals surface area contributed by atoms with Crippen molar-refractivity contribution in [1.82, 2.24) is 5.32 Å². The molecule has 1 unspecified atom stereocenters. The zero-order valence-electron chi connectivity index (χ0n) is 9.78. The fourth-order valence-corrected chi connectivity index (χ4v) is 2.01. The standard InChI is InChI=1S/C12H15ClN2O3/c13-10-8(2-1-3-9(10)14)11(16)15-6-12(17)4-5-18-7-12/h1-3,17H,4-7,14H2,(H,15,16). The van der Waals surface area contributed by atoms with Crippen molar-refractivity contribution in [1.29, 1.82) is 0 Å². The van der Waals surface area contributed by atoms with Crippen LogP contribution in [-0.2, 0) is 4.74 Å². The van der Waals surface area contributed by atoms with Crippen LogP contribution >= 0.6 is 11.6 Å². The Kier molecular flexibility index (Phi) is 3.75. The first-order chi connectivity index (χ1) is 8.52. The minimum Gasteiger partial charge on any atom is -0.398 e. The van der Waals surface area contributed by atoms with E-state index < -0.39 is 5.60 Å². The third-order valence-corrected chi connectivity index (χ3v) is 3.36. The van der Waals surface area contributed by atoms with Crippen LogP contribution in [-0.4, -0.2) is 36.4 Å². The molecule has 0 bridgehead atoms. The molecule has 1 aliphatic rings. The summed E-state index contributed by atoms with van der Waals surface area (Å²) in [5, 5.41) is 12.9. The van der Waals surface area contributed by atoms with E-state index in [1.807, 2.05) is 0 Å². The van der Waals surface area contributed by atoms with Gasteiger partial charge in [-0.3, -0.25) is 4.79 Å². The molecule has 1 aromatic rings.